The fourth-order valence-corrected chi connectivity index (χ4v) is 2.99. The molecule has 1 aromatic carbocycles. The van der Waals surface area contributed by atoms with E-state index in [4.69, 9.17) is 21.4 Å². The maximum Gasteiger partial charge on any atom is 0.326 e. The average Bonchev–Trinajstić information content (AvgIpc) is 2.96. The topological polar surface area (TPSA) is 95.9 Å². The molecule has 7 nitrogen and oxygen atoms in total. The van der Waals surface area contributed by atoms with Gasteiger partial charge in [-0.05, 0) is 24.6 Å². The standard InChI is InChI=1S/C17H21ClN2O5/c1-3-4-12(17(23)24)19-16(22)10-7-15(21)20(9-10)13-8-11(18)5-6-14(13)25-2/h5-6,8,10,12H,3-4,7,9H2,1-2H3,(H,19,22)(H,23,24). The zero-order chi connectivity index (χ0) is 18.6. The largest absolute Gasteiger partial charge is 0.495 e. The number of anilines is 1. The third-order valence-corrected chi connectivity index (χ3v) is 4.35. The van der Waals surface area contributed by atoms with Gasteiger partial charge in [0.2, 0.25) is 11.8 Å². The Morgan fingerprint density at radius 1 is 1.48 bits per heavy atom. The molecule has 0 radical (unpaired) electrons. The first-order valence-electron chi connectivity index (χ1n) is 8.04. The minimum Gasteiger partial charge on any atom is -0.495 e. The summed E-state index contributed by atoms with van der Waals surface area (Å²) in [6, 6.07) is 3.97. The van der Waals surface area contributed by atoms with Gasteiger partial charge in [-0.2, -0.15) is 0 Å². The lowest BCUT2D eigenvalue weighted by Gasteiger charge is -2.20. The van der Waals surface area contributed by atoms with E-state index in [1.54, 1.807) is 18.2 Å². The van der Waals surface area contributed by atoms with Crippen molar-refractivity contribution < 1.29 is 24.2 Å². The predicted molar refractivity (Wildman–Crippen MR) is 92.9 cm³/mol. The molecule has 2 amide bonds. The minimum atomic E-state index is -1.08. The third kappa shape index (κ3) is 4.42. The number of ether oxygens (including phenoxy) is 1. The average molecular weight is 369 g/mol. The van der Waals surface area contributed by atoms with Crippen LogP contribution in [0.5, 0.6) is 5.75 Å². The lowest BCUT2D eigenvalue weighted by Crippen LogP contribution is -2.44. The van der Waals surface area contributed by atoms with Crippen molar-refractivity contribution in [3.05, 3.63) is 23.2 Å². The maximum absolute atomic E-state index is 12.4. The number of aliphatic carboxylic acids is 1. The van der Waals surface area contributed by atoms with E-state index < -0.39 is 23.8 Å². The number of hydrogen-bond acceptors (Lipinski definition) is 4. The Labute approximate surface area is 150 Å². The molecular weight excluding hydrogens is 348 g/mol. The molecule has 2 unspecified atom stereocenters. The van der Waals surface area contributed by atoms with Crippen molar-refractivity contribution in [2.75, 3.05) is 18.6 Å². The Hall–Kier alpha value is -2.28. The Kier molecular flexibility index (Phi) is 6.25. The number of carboxylic acids is 1. The van der Waals surface area contributed by atoms with Crippen molar-refractivity contribution >= 4 is 35.1 Å². The van der Waals surface area contributed by atoms with Gasteiger partial charge in [0.25, 0.3) is 0 Å². The highest BCUT2D eigenvalue weighted by molar-refractivity contribution is 6.31. The molecule has 1 heterocycles. The minimum absolute atomic E-state index is 0.0139. The lowest BCUT2D eigenvalue weighted by atomic mass is 10.1. The second kappa shape index (κ2) is 8.20. The lowest BCUT2D eigenvalue weighted by molar-refractivity contribution is -0.142. The van der Waals surface area contributed by atoms with Crippen LogP contribution >= 0.6 is 11.6 Å². The molecule has 25 heavy (non-hydrogen) atoms. The molecule has 1 aromatic rings. The van der Waals surface area contributed by atoms with Gasteiger partial charge in [-0.15, -0.1) is 0 Å². The van der Waals surface area contributed by atoms with Crippen LogP contribution in [0.4, 0.5) is 5.69 Å². The van der Waals surface area contributed by atoms with Gasteiger partial charge in [0.15, 0.2) is 0 Å². The van der Waals surface area contributed by atoms with E-state index >= 15 is 0 Å². The van der Waals surface area contributed by atoms with Gasteiger partial charge in [0, 0.05) is 18.0 Å². The highest BCUT2D eigenvalue weighted by Crippen LogP contribution is 2.35. The van der Waals surface area contributed by atoms with Gasteiger partial charge >= 0.3 is 5.97 Å². The Bertz CT molecular complexity index is 679. The fourth-order valence-electron chi connectivity index (χ4n) is 2.83. The normalized spacial score (nSPS) is 18.1. The summed E-state index contributed by atoms with van der Waals surface area (Å²) in [5.41, 5.74) is 0.499. The fraction of sp³-hybridized carbons (Fsp3) is 0.471. The van der Waals surface area contributed by atoms with Gasteiger partial charge in [-0.1, -0.05) is 24.9 Å². The van der Waals surface area contributed by atoms with Gasteiger partial charge in [0.05, 0.1) is 18.7 Å². The summed E-state index contributed by atoms with van der Waals surface area (Å²) >= 11 is 6.00. The summed E-state index contributed by atoms with van der Waals surface area (Å²) in [7, 11) is 1.49. The summed E-state index contributed by atoms with van der Waals surface area (Å²) in [6.07, 6.45) is 0.986. The number of methoxy groups -OCH3 is 1. The quantitative estimate of drug-likeness (QED) is 0.768. The first-order chi connectivity index (χ1) is 11.9. The number of carbonyl (C=O) groups is 3. The third-order valence-electron chi connectivity index (χ3n) is 4.12. The van der Waals surface area contributed by atoms with Crippen molar-refractivity contribution in [3.8, 4) is 5.75 Å². The molecule has 0 aromatic heterocycles. The van der Waals surface area contributed by atoms with E-state index in [0.717, 1.165) is 0 Å². The van der Waals surface area contributed by atoms with Crippen LogP contribution < -0.4 is 15.0 Å². The van der Waals surface area contributed by atoms with Crippen LogP contribution in [0.2, 0.25) is 5.02 Å². The van der Waals surface area contributed by atoms with E-state index in [2.05, 4.69) is 5.32 Å². The number of rotatable bonds is 7. The van der Waals surface area contributed by atoms with Crippen molar-refractivity contribution in [3.63, 3.8) is 0 Å². The molecule has 2 atom stereocenters. The Morgan fingerprint density at radius 2 is 2.20 bits per heavy atom. The van der Waals surface area contributed by atoms with Crippen molar-refractivity contribution in [1.82, 2.24) is 5.32 Å². The van der Waals surface area contributed by atoms with Crippen LogP contribution in [0.25, 0.3) is 0 Å². The smallest absolute Gasteiger partial charge is 0.326 e. The van der Waals surface area contributed by atoms with Crippen molar-refractivity contribution in [2.24, 2.45) is 5.92 Å². The summed E-state index contributed by atoms with van der Waals surface area (Å²) < 4.78 is 5.25. The molecule has 2 N–H and O–H groups in total. The number of nitrogens with one attached hydrogen (secondary N) is 1. The number of amides is 2. The van der Waals surface area contributed by atoms with Gasteiger partial charge in [-0.25, -0.2) is 4.79 Å². The van der Waals surface area contributed by atoms with Gasteiger partial charge in [0.1, 0.15) is 11.8 Å². The molecule has 1 saturated heterocycles. The van der Waals surface area contributed by atoms with E-state index in [1.807, 2.05) is 6.92 Å². The Morgan fingerprint density at radius 3 is 2.80 bits per heavy atom. The number of carbonyl (C=O) groups excluding carboxylic acids is 2. The van der Waals surface area contributed by atoms with Crippen LogP contribution in [-0.4, -0.2) is 42.6 Å². The molecule has 136 valence electrons. The number of nitrogens with zero attached hydrogens (tertiary/aromatic N) is 1. The number of benzene rings is 1. The van der Waals surface area contributed by atoms with E-state index in [0.29, 0.717) is 29.3 Å². The molecule has 0 aliphatic carbocycles. The summed E-state index contributed by atoms with van der Waals surface area (Å²) in [4.78, 5) is 37.4. The molecule has 1 aliphatic heterocycles. The molecular formula is C17H21ClN2O5. The molecule has 8 heteroatoms. The van der Waals surface area contributed by atoms with Gasteiger partial charge in [-0.3, -0.25) is 9.59 Å². The van der Waals surface area contributed by atoms with E-state index in [9.17, 15) is 14.4 Å². The van der Waals surface area contributed by atoms with Crippen molar-refractivity contribution in [2.45, 2.75) is 32.2 Å². The van der Waals surface area contributed by atoms with Crippen LogP contribution in [0, 0.1) is 5.92 Å². The van der Waals surface area contributed by atoms with E-state index in [-0.39, 0.29) is 18.9 Å². The first kappa shape index (κ1) is 19.1. The van der Waals surface area contributed by atoms with Crippen LogP contribution in [0.1, 0.15) is 26.2 Å². The number of hydrogen-bond donors (Lipinski definition) is 2. The number of carboxylic acid groups (broad SMARTS) is 1. The molecule has 0 spiro atoms. The molecule has 0 bridgehead atoms. The zero-order valence-corrected chi connectivity index (χ0v) is 14.9. The molecule has 0 saturated carbocycles. The molecule has 1 aliphatic rings. The SMILES string of the molecule is CCCC(NC(=O)C1CC(=O)N(c2cc(Cl)ccc2OC)C1)C(=O)O. The number of halogens is 1. The monoisotopic (exact) mass is 368 g/mol. The summed E-state index contributed by atoms with van der Waals surface area (Å²) in [5.74, 6) is -1.88. The summed E-state index contributed by atoms with van der Waals surface area (Å²) in [6.45, 7) is 1.99. The van der Waals surface area contributed by atoms with Gasteiger partial charge < -0.3 is 20.1 Å². The highest BCUT2D eigenvalue weighted by Gasteiger charge is 2.37. The second-order valence-corrected chi connectivity index (χ2v) is 6.35. The Balaban J connectivity index is 2.13. The molecule has 2 rings (SSSR count). The zero-order valence-electron chi connectivity index (χ0n) is 14.1. The molecule has 1 fully saturated rings. The maximum atomic E-state index is 12.4. The first-order valence-corrected chi connectivity index (χ1v) is 8.42. The second-order valence-electron chi connectivity index (χ2n) is 5.91. The van der Waals surface area contributed by atoms with Crippen molar-refractivity contribution in [1.29, 1.82) is 0 Å². The van der Waals surface area contributed by atoms with E-state index in [1.165, 1.54) is 12.0 Å². The summed E-state index contributed by atoms with van der Waals surface area (Å²) in [5, 5.41) is 12.1. The van der Waals surface area contributed by atoms with Crippen LogP contribution in [-0.2, 0) is 14.4 Å². The highest BCUT2D eigenvalue weighted by atomic mass is 35.5. The van der Waals surface area contributed by atoms with Crippen LogP contribution in [0.15, 0.2) is 18.2 Å². The van der Waals surface area contributed by atoms with Crippen LogP contribution in [0.3, 0.4) is 0 Å². The predicted octanol–water partition coefficient (Wildman–Crippen LogP) is 2.07.